The lowest BCUT2D eigenvalue weighted by Crippen LogP contribution is -2.62. The fourth-order valence-electron chi connectivity index (χ4n) is 2.48. The van der Waals surface area contributed by atoms with Gasteiger partial charge in [-0.05, 0) is 6.92 Å². The van der Waals surface area contributed by atoms with Gasteiger partial charge in [0.05, 0.1) is 5.76 Å². The molecule has 0 bridgehead atoms. The molecule has 1 fully saturated rings. The number of rotatable bonds is 7. The van der Waals surface area contributed by atoms with Gasteiger partial charge in [-0.3, -0.25) is 19.2 Å². The van der Waals surface area contributed by atoms with Gasteiger partial charge in [-0.2, -0.15) is 0 Å². The van der Waals surface area contributed by atoms with Gasteiger partial charge in [-0.1, -0.05) is 6.58 Å². The van der Waals surface area contributed by atoms with Crippen LogP contribution in [0.25, 0.3) is 0 Å². The highest BCUT2D eigenvalue weighted by Crippen LogP contribution is 2.30. The van der Waals surface area contributed by atoms with E-state index in [1.54, 1.807) is 0 Å². The minimum atomic E-state index is -1.26. The van der Waals surface area contributed by atoms with Crippen molar-refractivity contribution < 1.29 is 47.6 Å². The summed E-state index contributed by atoms with van der Waals surface area (Å²) in [7, 11) is 0. The van der Waals surface area contributed by atoms with E-state index in [9.17, 15) is 19.2 Å². The molecule has 1 aliphatic heterocycles. The quantitative estimate of drug-likeness (QED) is 0.348. The van der Waals surface area contributed by atoms with Crippen LogP contribution in [-0.4, -0.2) is 61.2 Å². The molecular weight excluding hydrogens is 364 g/mol. The summed E-state index contributed by atoms with van der Waals surface area (Å²) in [5.41, 5.74) is 0. The zero-order chi connectivity index (χ0) is 20.7. The van der Waals surface area contributed by atoms with Crippen LogP contribution >= 0.6 is 0 Å². The molecule has 0 aromatic carbocycles. The van der Waals surface area contributed by atoms with Crippen molar-refractivity contribution in [3.05, 3.63) is 12.3 Å². The molecule has 10 heteroatoms. The summed E-state index contributed by atoms with van der Waals surface area (Å²) in [4.78, 5) is 45.8. The van der Waals surface area contributed by atoms with Crippen molar-refractivity contribution in [2.24, 2.45) is 0 Å². The van der Waals surface area contributed by atoms with E-state index in [0.29, 0.717) is 0 Å². The van der Waals surface area contributed by atoms with Gasteiger partial charge in [0.1, 0.15) is 12.7 Å². The minimum Gasteiger partial charge on any atom is -0.466 e. The smallest absolute Gasteiger partial charge is 0.303 e. The number of esters is 4. The molecule has 1 heterocycles. The Hall–Kier alpha value is -2.62. The maximum atomic E-state index is 11.6. The zero-order valence-corrected chi connectivity index (χ0v) is 15.9. The number of hydrogen-bond acceptors (Lipinski definition) is 10. The van der Waals surface area contributed by atoms with Crippen molar-refractivity contribution in [1.29, 1.82) is 0 Å². The fourth-order valence-corrected chi connectivity index (χ4v) is 2.48. The first kappa shape index (κ1) is 22.4. The normalized spacial score (nSPS) is 27.1. The molecule has 0 N–H and O–H groups in total. The highest BCUT2D eigenvalue weighted by atomic mass is 16.7. The van der Waals surface area contributed by atoms with Gasteiger partial charge in [-0.25, -0.2) is 0 Å². The molecule has 0 saturated carbocycles. The SMILES string of the molecule is C=C(C)O[C@@H]1O[C@H](COC(C)=O)[C@@H](OC(C)=O)[C@H](OC(C)=O)[C@H]1OC(C)=O. The molecular formula is C17H24O10. The molecule has 1 aliphatic rings. The van der Waals surface area contributed by atoms with Gasteiger partial charge in [0.2, 0.25) is 12.4 Å². The number of carbonyl (C=O) groups excluding carboxylic acids is 4. The summed E-state index contributed by atoms with van der Waals surface area (Å²) in [6.07, 6.45) is -5.99. The first-order chi connectivity index (χ1) is 12.5. The summed E-state index contributed by atoms with van der Waals surface area (Å²) < 4.78 is 31.7. The number of carbonyl (C=O) groups is 4. The van der Waals surface area contributed by atoms with E-state index < -0.39 is 54.6 Å². The molecule has 5 atom stereocenters. The maximum Gasteiger partial charge on any atom is 0.303 e. The molecule has 1 rings (SSSR count). The van der Waals surface area contributed by atoms with Crippen LogP contribution < -0.4 is 0 Å². The van der Waals surface area contributed by atoms with Gasteiger partial charge >= 0.3 is 23.9 Å². The predicted octanol–water partition coefficient (Wildman–Crippen LogP) is 0.620. The van der Waals surface area contributed by atoms with E-state index in [-0.39, 0.29) is 12.4 Å². The molecule has 0 unspecified atom stereocenters. The number of allylic oxidation sites excluding steroid dienone is 1. The monoisotopic (exact) mass is 388 g/mol. The third kappa shape index (κ3) is 7.26. The Morgan fingerprint density at radius 2 is 1.22 bits per heavy atom. The second-order valence-corrected chi connectivity index (χ2v) is 5.89. The van der Waals surface area contributed by atoms with Crippen LogP contribution in [0.1, 0.15) is 34.6 Å². The van der Waals surface area contributed by atoms with Crippen LogP contribution in [0, 0.1) is 0 Å². The molecule has 152 valence electrons. The van der Waals surface area contributed by atoms with E-state index in [2.05, 4.69) is 6.58 Å². The van der Waals surface area contributed by atoms with E-state index in [0.717, 1.165) is 20.8 Å². The molecule has 0 radical (unpaired) electrons. The minimum absolute atomic E-state index is 0.232. The Morgan fingerprint density at radius 3 is 1.67 bits per heavy atom. The summed E-state index contributed by atoms with van der Waals surface area (Å²) in [6.45, 7) is 9.44. The number of hydrogen-bond donors (Lipinski definition) is 0. The summed E-state index contributed by atoms with van der Waals surface area (Å²) >= 11 is 0. The van der Waals surface area contributed by atoms with E-state index in [1.165, 1.54) is 13.8 Å². The Labute approximate surface area is 156 Å². The lowest BCUT2D eigenvalue weighted by atomic mass is 9.98. The largest absolute Gasteiger partial charge is 0.466 e. The van der Waals surface area contributed by atoms with Crippen LogP contribution in [0.3, 0.4) is 0 Å². The molecule has 0 spiro atoms. The Bertz CT molecular complexity index is 599. The Morgan fingerprint density at radius 1 is 0.741 bits per heavy atom. The molecule has 0 aliphatic carbocycles. The Balaban J connectivity index is 3.29. The molecule has 0 amide bonds. The highest BCUT2D eigenvalue weighted by molar-refractivity contribution is 5.68. The molecule has 0 aromatic heterocycles. The van der Waals surface area contributed by atoms with Crippen molar-refractivity contribution in [2.45, 2.75) is 65.3 Å². The maximum absolute atomic E-state index is 11.6. The first-order valence-corrected chi connectivity index (χ1v) is 8.14. The fraction of sp³-hybridized carbons (Fsp3) is 0.647. The van der Waals surface area contributed by atoms with Gasteiger partial charge in [0.25, 0.3) is 0 Å². The van der Waals surface area contributed by atoms with E-state index >= 15 is 0 Å². The second-order valence-electron chi connectivity index (χ2n) is 5.89. The third-order valence-electron chi connectivity index (χ3n) is 3.27. The average Bonchev–Trinajstić information content (AvgIpc) is 2.49. The lowest BCUT2D eigenvalue weighted by Gasteiger charge is -2.43. The topological polar surface area (TPSA) is 124 Å². The summed E-state index contributed by atoms with van der Waals surface area (Å²) in [5.74, 6) is -2.47. The van der Waals surface area contributed by atoms with E-state index in [4.69, 9.17) is 28.4 Å². The molecule has 0 aromatic rings. The summed E-state index contributed by atoms with van der Waals surface area (Å²) in [5, 5.41) is 0. The molecule has 1 saturated heterocycles. The highest BCUT2D eigenvalue weighted by Gasteiger charge is 2.53. The van der Waals surface area contributed by atoms with Crippen molar-refractivity contribution in [2.75, 3.05) is 6.61 Å². The zero-order valence-electron chi connectivity index (χ0n) is 15.9. The van der Waals surface area contributed by atoms with Crippen LogP contribution in [0.4, 0.5) is 0 Å². The van der Waals surface area contributed by atoms with Crippen molar-refractivity contribution in [3.8, 4) is 0 Å². The standard InChI is InChI=1S/C17H24O10/c1-8(2)23-17-16(26-12(6)21)15(25-11(5)20)14(24-10(4)19)13(27-17)7-22-9(3)18/h13-17H,1,7H2,2-6H3/t13-,14-,15+,16-,17-/m1/s1. The van der Waals surface area contributed by atoms with Crippen molar-refractivity contribution in [1.82, 2.24) is 0 Å². The van der Waals surface area contributed by atoms with Gasteiger partial charge < -0.3 is 28.4 Å². The lowest BCUT2D eigenvalue weighted by molar-refractivity contribution is -0.299. The van der Waals surface area contributed by atoms with Crippen LogP contribution in [0.2, 0.25) is 0 Å². The molecule has 27 heavy (non-hydrogen) atoms. The molecule has 10 nitrogen and oxygen atoms in total. The van der Waals surface area contributed by atoms with Crippen molar-refractivity contribution in [3.63, 3.8) is 0 Å². The van der Waals surface area contributed by atoms with Crippen LogP contribution in [-0.2, 0) is 47.6 Å². The second kappa shape index (κ2) is 9.91. The van der Waals surface area contributed by atoms with E-state index in [1.807, 2.05) is 0 Å². The summed E-state index contributed by atoms with van der Waals surface area (Å²) in [6, 6.07) is 0. The third-order valence-corrected chi connectivity index (χ3v) is 3.27. The van der Waals surface area contributed by atoms with Gasteiger partial charge in [0.15, 0.2) is 12.2 Å². The Kier molecular flexibility index (Phi) is 8.23. The van der Waals surface area contributed by atoms with Gasteiger partial charge in [-0.15, -0.1) is 0 Å². The van der Waals surface area contributed by atoms with Crippen LogP contribution in [0.5, 0.6) is 0 Å². The number of ether oxygens (including phenoxy) is 6. The van der Waals surface area contributed by atoms with Crippen molar-refractivity contribution >= 4 is 23.9 Å². The predicted molar refractivity (Wildman–Crippen MR) is 87.9 cm³/mol. The first-order valence-electron chi connectivity index (χ1n) is 8.14. The average molecular weight is 388 g/mol. The van der Waals surface area contributed by atoms with Crippen LogP contribution in [0.15, 0.2) is 12.3 Å². The van der Waals surface area contributed by atoms with Gasteiger partial charge in [0, 0.05) is 27.7 Å².